The van der Waals surface area contributed by atoms with Crippen LogP contribution < -0.4 is 0 Å². The number of hydrogen-bond donors (Lipinski definition) is 0. The Bertz CT molecular complexity index is 399. The van der Waals surface area contributed by atoms with Crippen LogP contribution in [0.25, 0.3) is 0 Å². The van der Waals surface area contributed by atoms with E-state index in [2.05, 4.69) is 24.9 Å². The molecule has 0 aliphatic heterocycles. The fourth-order valence-electron chi connectivity index (χ4n) is 1.83. The zero-order valence-electron chi connectivity index (χ0n) is 10.5. The van der Waals surface area contributed by atoms with Gasteiger partial charge in [-0.2, -0.15) is 0 Å². The Morgan fingerprint density at radius 3 is 2.88 bits per heavy atom. The van der Waals surface area contributed by atoms with Crippen LogP contribution >= 0.6 is 11.8 Å². The molecule has 1 aliphatic rings. The molecule has 1 saturated carbocycles. The van der Waals surface area contributed by atoms with Crippen LogP contribution in [0, 0.1) is 5.92 Å². The quantitative estimate of drug-likeness (QED) is 0.721. The van der Waals surface area contributed by atoms with Crippen molar-refractivity contribution in [1.29, 1.82) is 0 Å². The van der Waals surface area contributed by atoms with Crippen molar-refractivity contribution in [2.45, 2.75) is 43.9 Å². The van der Waals surface area contributed by atoms with Crippen LogP contribution in [0.5, 0.6) is 0 Å². The highest BCUT2D eigenvalue weighted by Gasteiger charge is 2.23. The topological polar surface area (TPSA) is 30.0 Å². The van der Waals surface area contributed by atoms with Crippen LogP contribution in [0.1, 0.15) is 44.6 Å². The van der Waals surface area contributed by atoms with Gasteiger partial charge in [0.15, 0.2) is 0 Å². The molecule has 1 aromatic rings. The molecule has 0 N–H and O–H groups in total. The van der Waals surface area contributed by atoms with Gasteiger partial charge in [0, 0.05) is 23.7 Å². The molecule has 1 aliphatic carbocycles. The zero-order chi connectivity index (χ0) is 12.3. The van der Waals surface area contributed by atoms with Crippen LogP contribution in [-0.4, -0.2) is 16.5 Å². The van der Waals surface area contributed by atoms with Crippen LogP contribution in [-0.2, 0) is 4.79 Å². The summed E-state index contributed by atoms with van der Waals surface area (Å²) >= 11 is 1.62. The van der Waals surface area contributed by atoms with Gasteiger partial charge < -0.3 is 0 Å². The Morgan fingerprint density at radius 1 is 1.47 bits per heavy atom. The number of thioether (sulfide) groups is 1. The highest BCUT2D eigenvalue weighted by Crippen LogP contribution is 2.40. The van der Waals surface area contributed by atoms with Gasteiger partial charge >= 0.3 is 0 Å². The minimum Gasteiger partial charge on any atom is -0.299 e. The van der Waals surface area contributed by atoms with Crippen LogP contribution in [0.3, 0.4) is 0 Å². The van der Waals surface area contributed by atoms with Crippen LogP contribution in [0.4, 0.5) is 0 Å². The molecule has 0 bridgehead atoms. The van der Waals surface area contributed by atoms with Gasteiger partial charge in [0.1, 0.15) is 5.78 Å². The molecule has 1 heterocycles. The summed E-state index contributed by atoms with van der Waals surface area (Å²) in [5.41, 5.74) is 1.34. The molecule has 0 amide bonds. The number of carbonyl (C=O) groups excluding carboxylic acids is 1. The number of hydrogen-bond acceptors (Lipinski definition) is 3. The lowest BCUT2D eigenvalue weighted by atomic mass is 10.1. The molecule has 0 unspecified atom stereocenters. The molecule has 2 rings (SSSR count). The molecule has 17 heavy (non-hydrogen) atoms. The molecule has 0 aromatic carbocycles. The van der Waals surface area contributed by atoms with Gasteiger partial charge in [-0.3, -0.25) is 9.78 Å². The molecule has 0 saturated heterocycles. The van der Waals surface area contributed by atoms with E-state index < -0.39 is 0 Å². The fourth-order valence-corrected chi connectivity index (χ4v) is 2.63. The number of nitrogens with zero attached hydrogens (tertiary/aromatic N) is 1. The molecule has 0 atom stereocenters. The summed E-state index contributed by atoms with van der Waals surface area (Å²) in [7, 11) is 0. The predicted molar refractivity (Wildman–Crippen MR) is 71.4 cm³/mol. The Labute approximate surface area is 107 Å². The monoisotopic (exact) mass is 249 g/mol. The Balaban J connectivity index is 1.85. The van der Waals surface area contributed by atoms with Crippen molar-refractivity contribution in [3.05, 3.63) is 24.0 Å². The second-order valence-corrected chi connectivity index (χ2v) is 6.20. The van der Waals surface area contributed by atoms with E-state index in [1.807, 2.05) is 12.4 Å². The predicted octanol–water partition coefficient (Wildman–Crippen LogP) is 3.67. The van der Waals surface area contributed by atoms with Gasteiger partial charge in [0.25, 0.3) is 0 Å². The Morgan fingerprint density at radius 2 is 2.24 bits per heavy atom. The number of Topliss-reactive ketones (excluding diaryl/α,β-unsaturated/α-hetero) is 1. The van der Waals surface area contributed by atoms with Crippen molar-refractivity contribution in [2.75, 3.05) is 5.75 Å². The summed E-state index contributed by atoms with van der Waals surface area (Å²) in [5, 5.41) is 0. The second kappa shape index (κ2) is 5.67. The van der Waals surface area contributed by atoms with Crippen molar-refractivity contribution in [3.8, 4) is 0 Å². The maximum atomic E-state index is 11.6. The first kappa shape index (κ1) is 12.6. The lowest BCUT2D eigenvalue weighted by Gasteiger charge is -2.05. The maximum Gasteiger partial charge on any atom is 0.143 e. The standard InChI is InChI=1S/C14H19NOS/c1-10(2)5-13(16)9-17-14-6-12(7-15-8-14)11-3-4-11/h6-8,10-11H,3-5,9H2,1-2H3. The van der Waals surface area contributed by atoms with E-state index in [1.165, 1.54) is 18.4 Å². The van der Waals surface area contributed by atoms with Gasteiger partial charge in [-0.25, -0.2) is 0 Å². The third-order valence-electron chi connectivity index (χ3n) is 2.82. The van der Waals surface area contributed by atoms with E-state index in [4.69, 9.17) is 0 Å². The van der Waals surface area contributed by atoms with Gasteiger partial charge in [-0.05, 0) is 36.3 Å². The molecule has 0 spiro atoms. The summed E-state index contributed by atoms with van der Waals surface area (Å²) in [6.45, 7) is 4.16. The summed E-state index contributed by atoms with van der Waals surface area (Å²) in [4.78, 5) is 17.0. The van der Waals surface area contributed by atoms with E-state index in [0.717, 1.165) is 10.8 Å². The first-order chi connectivity index (χ1) is 8.15. The van der Waals surface area contributed by atoms with Crippen molar-refractivity contribution >= 4 is 17.5 Å². The lowest BCUT2D eigenvalue weighted by molar-refractivity contribution is -0.117. The van der Waals surface area contributed by atoms with Gasteiger partial charge in [-0.15, -0.1) is 11.8 Å². The second-order valence-electron chi connectivity index (χ2n) is 5.15. The first-order valence-corrected chi connectivity index (χ1v) is 7.23. The van der Waals surface area contributed by atoms with E-state index in [0.29, 0.717) is 23.9 Å². The SMILES string of the molecule is CC(C)CC(=O)CSc1cncc(C2CC2)c1. The van der Waals surface area contributed by atoms with Gasteiger partial charge in [0.2, 0.25) is 0 Å². The normalized spacial score (nSPS) is 15.2. The Hall–Kier alpha value is -0.830. The number of carbonyl (C=O) groups is 1. The first-order valence-electron chi connectivity index (χ1n) is 6.24. The van der Waals surface area contributed by atoms with E-state index >= 15 is 0 Å². The summed E-state index contributed by atoms with van der Waals surface area (Å²) in [6, 6.07) is 2.19. The van der Waals surface area contributed by atoms with Crippen molar-refractivity contribution in [3.63, 3.8) is 0 Å². The minimum atomic E-state index is 0.335. The third-order valence-corrected chi connectivity index (χ3v) is 3.84. The maximum absolute atomic E-state index is 11.6. The Kier molecular flexibility index (Phi) is 4.21. The lowest BCUT2D eigenvalue weighted by Crippen LogP contribution is -2.05. The van der Waals surface area contributed by atoms with Crippen LogP contribution in [0.15, 0.2) is 23.4 Å². The van der Waals surface area contributed by atoms with Crippen molar-refractivity contribution < 1.29 is 4.79 Å². The van der Waals surface area contributed by atoms with Crippen LogP contribution in [0.2, 0.25) is 0 Å². The van der Waals surface area contributed by atoms with E-state index in [1.54, 1.807) is 11.8 Å². The number of pyridine rings is 1. The minimum absolute atomic E-state index is 0.335. The highest BCUT2D eigenvalue weighted by molar-refractivity contribution is 8.00. The molecule has 92 valence electrons. The van der Waals surface area contributed by atoms with Crippen molar-refractivity contribution in [1.82, 2.24) is 4.98 Å². The number of aromatic nitrogens is 1. The highest BCUT2D eigenvalue weighted by atomic mass is 32.2. The zero-order valence-corrected chi connectivity index (χ0v) is 11.3. The summed E-state index contributed by atoms with van der Waals surface area (Å²) < 4.78 is 0. The largest absolute Gasteiger partial charge is 0.299 e. The molecule has 2 nitrogen and oxygen atoms in total. The van der Waals surface area contributed by atoms with E-state index in [-0.39, 0.29) is 0 Å². The molecule has 1 fully saturated rings. The number of ketones is 1. The van der Waals surface area contributed by atoms with Gasteiger partial charge in [0.05, 0.1) is 5.75 Å². The average Bonchev–Trinajstić information content (AvgIpc) is 3.10. The van der Waals surface area contributed by atoms with Gasteiger partial charge in [-0.1, -0.05) is 13.8 Å². The molecular weight excluding hydrogens is 230 g/mol. The smallest absolute Gasteiger partial charge is 0.143 e. The molecular formula is C14H19NOS. The molecule has 0 radical (unpaired) electrons. The molecule has 1 aromatic heterocycles. The third kappa shape index (κ3) is 4.15. The average molecular weight is 249 g/mol. The number of rotatable bonds is 6. The summed E-state index contributed by atoms with van der Waals surface area (Å²) in [6.07, 6.45) is 7.09. The fraction of sp³-hybridized carbons (Fsp3) is 0.571. The molecule has 3 heteroatoms. The van der Waals surface area contributed by atoms with Crippen molar-refractivity contribution in [2.24, 2.45) is 5.92 Å². The van der Waals surface area contributed by atoms with E-state index in [9.17, 15) is 4.79 Å². The summed E-state index contributed by atoms with van der Waals surface area (Å²) in [5.74, 6) is 2.10.